The van der Waals surface area contributed by atoms with Crippen LogP contribution in [0.4, 0.5) is 0 Å². The van der Waals surface area contributed by atoms with E-state index in [-0.39, 0.29) is 6.61 Å². The summed E-state index contributed by atoms with van der Waals surface area (Å²) in [6, 6.07) is 19.7. The van der Waals surface area contributed by atoms with E-state index in [1.54, 1.807) is 14.0 Å². The fourth-order valence-electron chi connectivity index (χ4n) is 4.15. The highest BCUT2D eigenvalue weighted by Gasteiger charge is 2.48. The van der Waals surface area contributed by atoms with Gasteiger partial charge in [0.15, 0.2) is 12.4 Å². The van der Waals surface area contributed by atoms with E-state index >= 15 is 0 Å². The number of esters is 1. The van der Waals surface area contributed by atoms with Gasteiger partial charge in [-0.25, -0.2) is 4.79 Å². The number of methoxy groups -OCH3 is 1. The van der Waals surface area contributed by atoms with Gasteiger partial charge in [0.25, 0.3) is 0 Å². The molecule has 0 bridgehead atoms. The van der Waals surface area contributed by atoms with E-state index < -0.39 is 36.7 Å². The first-order valence-electron chi connectivity index (χ1n) is 12.6. The lowest BCUT2D eigenvalue weighted by atomic mass is 9.94. The second-order valence-electron chi connectivity index (χ2n) is 8.55. The Kier molecular flexibility index (Phi) is 12.2. The normalized spacial score (nSPS) is 23.4. The number of unbranched alkanes of at least 4 members (excludes halogenated alkanes) is 1. The Balaban J connectivity index is 1.86. The first-order valence-corrected chi connectivity index (χ1v) is 12.6. The molecule has 1 saturated heterocycles. The van der Waals surface area contributed by atoms with Crippen LogP contribution in [-0.2, 0) is 46.4 Å². The van der Waals surface area contributed by atoms with Gasteiger partial charge in [-0.15, -0.1) is 12.3 Å². The van der Waals surface area contributed by atoms with Crippen molar-refractivity contribution in [3.05, 3.63) is 84.1 Å². The third kappa shape index (κ3) is 9.03. The average Bonchev–Trinajstić information content (AvgIpc) is 2.93. The van der Waals surface area contributed by atoms with Crippen LogP contribution in [0.3, 0.4) is 0 Å². The summed E-state index contributed by atoms with van der Waals surface area (Å²) in [5.41, 5.74) is 2.02. The molecule has 1 heterocycles. The third-order valence-electron chi connectivity index (χ3n) is 5.93. The molecule has 1 aliphatic heterocycles. The summed E-state index contributed by atoms with van der Waals surface area (Å²) >= 11 is 0. The Labute approximate surface area is 219 Å². The molecule has 2 aromatic carbocycles. The highest BCUT2D eigenvalue weighted by atomic mass is 16.7. The van der Waals surface area contributed by atoms with E-state index in [4.69, 9.17) is 34.8 Å². The zero-order valence-electron chi connectivity index (χ0n) is 21.5. The van der Waals surface area contributed by atoms with Crippen molar-refractivity contribution in [3.8, 4) is 12.3 Å². The second-order valence-corrected chi connectivity index (χ2v) is 8.55. The Morgan fingerprint density at radius 1 is 0.973 bits per heavy atom. The third-order valence-corrected chi connectivity index (χ3v) is 5.93. The van der Waals surface area contributed by atoms with Crippen molar-refractivity contribution in [3.63, 3.8) is 0 Å². The SMILES string of the molecule is C#CCCC[C@H]1O[C@H](OC)[C@H](OCc2ccccc2)[C@@H](OCc2ccccc2)[C@@H]1O/C=C/C(=O)OCC. The van der Waals surface area contributed by atoms with Crippen LogP contribution in [-0.4, -0.2) is 50.4 Å². The molecule has 198 valence electrons. The maximum Gasteiger partial charge on any atom is 0.333 e. The van der Waals surface area contributed by atoms with Crippen LogP contribution in [0.1, 0.15) is 37.3 Å². The molecule has 0 radical (unpaired) electrons. The Morgan fingerprint density at radius 2 is 1.59 bits per heavy atom. The number of benzene rings is 2. The quantitative estimate of drug-likeness (QED) is 0.119. The lowest BCUT2D eigenvalue weighted by molar-refractivity contribution is -0.311. The molecule has 1 fully saturated rings. The van der Waals surface area contributed by atoms with Gasteiger partial charge in [-0.3, -0.25) is 0 Å². The molecule has 2 aromatic rings. The first-order chi connectivity index (χ1) is 18.2. The lowest BCUT2D eigenvalue weighted by Crippen LogP contribution is -2.60. The molecule has 0 N–H and O–H groups in total. The summed E-state index contributed by atoms with van der Waals surface area (Å²) in [6.45, 7) is 2.70. The Hall–Kier alpha value is -3.15. The molecule has 5 atom stereocenters. The van der Waals surface area contributed by atoms with E-state index in [9.17, 15) is 4.79 Å². The molecule has 0 aliphatic carbocycles. The van der Waals surface area contributed by atoms with Crippen LogP contribution < -0.4 is 0 Å². The molecule has 0 spiro atoms. The van der Waals surface area contributed by atoms with E-state index in [1.165, 1.54) is 12.3 Å². The monoisotopic (exact) mass is 508 g/mol. The molecule has 7 heteroatoms. The maximum absolute atomic E-state index is 11.9. The van der Waals surface area contributed by atoms with Crippen LogP contribution in [0.2, 0.25) is 0 Å². The number of hydrogen-bond acceptors (Lipinski definition) is 7. The van der Waals surface area contributed by atoms with Crippen molar-refractivity contribution in [2.45, 2.75) is 70.1 Å². The number of rotatable bonds is 14. The average molecular weight is 509 g/mol. The number of carbonyl (C=O) groups excluding carboxylic acids is 1. The molecule has 7 nitrogen and oxygen atoms in total. The molecule has 37 heavy (non-hydrogen) atoms. The van der Waals surface area contributed by atoms with E-state index in [2.05, 4.69) is 5.92 Å². The van der Waals surface area contributed by atoms with E-state index in [1.807, 2.05) is 60.7 Å². The molecular formula is C30H36O7. The van der Waals surface area contributed by atoms with Crippen molar-refractivity contribution in [1.29, 1.82) is 0 Å². The Morgan fingerprint density at radius 3 is 2.16 bits per heavy atom. The van der Waals surface area contributed by atoms with Crippen LogP contribution in [0.25, 0.3) is 0 Å². The lowest BCUT2D eigenvalue weighted by Gasteiger charge is -2.45. The summed E-state index contributed by atoms with van der Waals surface area (Å²) in [6.07, 6.45) is 7.19. The van der Waals surface area contributed by atoms with Crippen molar-refractivity contribution in [2.75, 3.05) is 13.7 Å². The second kappa shape index (κ2) is 15.9. The standard InChI is InChI=1S/C30H36O7/c1-4-6-9-18-25-27(34-20-19-26(31)33-5-2)28(35-21-23-14-10-7-11-15-23)29(30(32-3)37-25)36-22-24-16-12-8-13-17-24/h1,7-8,10-17,19-20,25,27-30H,5-6,9,18,21-22H2,2-3H3/b20-19+/t25-,27-,28+,29-,30+/m1/s1. The maximum atomic E-state index is 11.9. The van der Waals surface area contributed by atoms with Gasteiger partial charge in [-0.1, -0.05) is 60.7 Å². The summed E-state index contributed by atoms with van der Waals surface area (Å²) < 4.78 is 35.9. The van der Waals surface area contributed by atoms with Gasteiger partial charge in [-0.05, 0) is 30.9 Å². The van der Waals surface area contributed by atoms with Crippen LogP contribution in [0, 0.1) is 12.3 Å². The van der Waals surface area contributed by atoms with Crippen molar-refractivity contribution in [1.82, 2.24) is 0 Å². The van der Waals surface area contributed by atoms with Crippen LogP contribution in [0.5, 0.6) is 0 Å². The zero-order valence-corrected chi connectivity index (χ0v) is 21.5. The summed E-state index contributed by atoms with van der Waals surface area (Å²) in [5.74, 6) is 2.18. The topological polar surface area (TPSA) is 72.5 Å². The van der Waals surface area contributed by atoms with Gasteiger partial charge in [-0.2, -0.15) is 0 Å². The number of terminal acetylenes is 1. The predicted molar refractivity (Wildman–Crippen MR) is 139 cm³/mol. The van der Waals surface area contributed by atoms with Crippen molar-refractivity contribution < 1.29 is 33.2 Å². The number of hydrogen-bond donors (Lipinski definition) is 0. The highest BCUT2D eigenvalue weighted by molar-refractivity contribution is 5.81. The van der Waals surface area contributed by atoms with Gasteiger partial charge in [0.1, 0.15) is 18.3 Å². The van der Waals surface area contributed by atoms with Gasteiger partial charge >= 0.3 is 5.97 Å². The minimum Gasteiger partial charge on any atom is -0.492 e. The largest absolute Gasteiger partial charge is 0.492 e. The Bertz CT molecular complexity index is 986. The van der Waals surface area contributed by atoms with Gasteiger partial charge in [0, 0.05) is 13.5 Å². The van der Waals surface area contributed by atoms with Crippen LogP contribution >= 0.6 is 0 Å². The van der Waals surface area contributed by atoms with Gasteiger partial charge in [0.05, 0.1) is 32.2 Å². The van der Waals surface area contributed by atoms with E-state index in [0.29, 0.717) is 26.1 Å². The fraction of sp³-hybridized carbons (Fsp3) is 0.433. The molecule has 3 rings (SSSR count). The summed E-state index contributed by atoms with van der Waals surface area (Å²) in [4.78, 5) is 11.9. The van der Waals surface area contributed by atoms with Gasteiger partial charge < -0.3 is 28.4 Å². The minimum atomic E-state index is -0.686. The molecule has 0 saturated carbocycles. The van der Waals surface area contributed by atoms with E-state index in [0.717, 1.165) is 17.5 Å². The summed E-state index contributed by atoms with van der Waals surface area (Å²) in [5, 5.41) is 0. The zero-order chi connectivity index (χ0) is 26.3. The molecule has 0 unspecified atom stereocenters. The van der Waals surface area contributed by atoms with Crippen molar-refractivity contribution >= 4 is 5.97 Å². The minimum absolute atomic E-state index is 0.276. The highest BCUT2D eigenvalue weighted by Crippen LogP contribution is 2.32. The number of ether oxygens (including phenoxy) is 6. The molecular weight excluding hydrogens is 472 g/mol. The first kappa shape index (κ1) is 28.4. The molecule has 0 amide bonds. The molecule has 0 aromatic heterocycles. The summed E-state index contributed by atoms with van der Waals surface area (Å²) in [7, 11) is 1.58. The fourth-order valence-corrected chi connectivity index (χ4v) is 4.15. The predicted octanol–water partition coefficient (Wildman–Crippen LogP) is 4.79. The van der Waals surface area contributed by atoms with Gasteiger partial charge in [0.2, 0.25) is 0 Å². The number of carbonyl (C=O) groups is 1. The smallest absolute Gasteiger partial charge is 0.333 e. The van der Waals surface area contributed by atoms with Crippen LogP contribution in [0.15, 0.2) is 73.0 Å². The molecule has 1 aliphatic rings. The van der Waals surface area contributed by atoms with Crippen molar-refractivity contribution in [2.24, 2.45) is 0 Å².